The van der Waals surface area contributed by atoms with Gasteiger partial charge in [-0.3, -0.25) is 9.78 Å². The number of halogens is 3. The van der Waals surface area contributed by atoms with E-state index in [1.807, 2.05) is 0 Å². The summed E-state index contributed by atoms with van der Waals surface area (Å²) < 4.78 is 58.8. The van der Waals surface area contributed by atoms with E-state index in [4.69, 9.17) is 14.2 Å². The van der Waals surface area contributed by atoms with Gasteiger partial charge in [-0.25, -0.2) is 18.6 Å². The first-order valence-corrected chi connectivity index (χ1v) is 13.9. The van der Waals surface area contributed by atoms with E-state index >= 15 is 4.39 Å². The van der Waals surface area contributed by atoms with Crippen molar-refractivity contribution in [3.05, 3.63) is 89.4 Å². The summed E-state index contributed by atoms with van der Waals surface area (Å²) >= 11 is 0. The van der Waals surface area contributed by atoms with Gasteiger partial charge in [0.2, 0.25) is 5.91 Å². The number of aromatic nitrogens is 1. The zero-order valence-electron chi connectivity index (χ0n) is 23.6. The number of fused-ring (bicyclic) bond motifs is 1. The number of carbonyl (C=O) groups excluding carboxylic acids is 1. The number of ether oxygens (including phenoxy) is 3. The van der Waals surface area contributed by atoms with Gasteiger partial charge in [-0.1, -0.05) is 12.1 Å². The lowest BCUT2D eigenvalue weighted by atomic mass is 10.1. The van der Waals surface area contributed by atoms with Gasteiger partial charge >= 0.3 is 0 Å². The third-order valence-electron chi connectivity index (χ3n) is 6.99. The highest BCUT2D eigenvalue weighted by atomic mass is 19.2. The van der Waals surface area contributed by atoms with Crippen molar-refractivity contribution in [2.75, 3.05) is 33.4 Å². The lowest BCUT2D eigenvalue weighted by molar-refractivity contribution is -0.120. The molecule has 11 heteroatoms. The summed E-state index contributed by atoms with van der Waals surface area (Å²) in [4.78, 5) is 19.1. The van der Waals surface area contributed by atoms with Crippen molar-refractivity contribution in [3.63, 3.8) is 0 Å². The molecule has 3 aromatic carbocycles. The largest absolute Gasteiger partial charge is 0.493 e. The number of likely N-dealkylation sites (tertiary alicyclic amines) is 1. The molecule has 1 saturated heterocycles. The topological polar surface area (TPSA) is 85.3 Å². The molecular weight excluding hydrogens is 561 g/mol. The van der Waals surface area contributed by atoms with Gasteiger partial charge in [0.25, 0.3) is 0 Å². The molecule has 2 heterocycles. The SMILES string of the molecule is COc1cc2c(Oc3ccc(CC(=O)N/N=C/c4ccc(F)c(F)c4)cc3F)ccnc2cc1OCCCN1CCCC1. The summed E-state index contributed by atoms with van der Waals surface area (Å²) in [6, 6.07) is 12.6. The number of rotatable bonds is 12. The standard InChI is InChI=1S/C32H31F3N4O4/c1-41-30-18-23-27(19-31(30)42-14-4-13-39-11-2-3-12-39)36-10-9-28(23)43-29-8-6-21(15-26(29)35)17-32(40)38-37-20-22-5-7-24(33)25(34)16-22/h5-10,15-16,18-20H,2-4,11-14,17H2,1H3,(H,38,40)/b37-20+. The number of amides is 1. The van der Waals surface area contributed by atoms with Crippen LogP contribution in [0, 0.1) is 17.5 Å². The van der Waals surface area contributed by atoms with Crippen LogP contribution in [-0.4, -0.2) is 55.4 Å². The molecule has 1 amide bonds. The Morgan fingerprint density at radius 3 is 2.56 bits per heavy atom. The number of pyridine rings is 1. The Hall–Kier alpha value is -4.64. The Morgan fingerprint density at radius 1 is 0.953 bits per heavy atom. The third-order valence-corrected chi connectivity index (χ3v) is 6.99. The molecule has 1 aliphatic heterocycles. The highest BCUT2D eigenvalue weighted by Crippen LogP contribution is 2.37. The highest BCUT2D eigenvalue weighted by Gasteiger charge is 2.15. The van der Waals surface area contributed by atoms with Crippen molar-refractivity contribution in [2.45, 2.75) is 25.7 Å². The van der Waals surface area contributed by atoms with E-state index < -0.39 is 23.4 Å². The number of nitrogens with zero attached hydrogens (tertiary/aromatic N) is 3. The first-order chi connectivity index (χ1) is 20.9. The Bertz CT molecular complexity index is 1630. The van der Waals surface area contributed by atoms with Crippen LogP contribution < -0.4 is 19.6 Å². The molecule has 0 spiro atoms. The monoisotopic (exact) mass is 592 g/mol. The number of carbonyl (C=O) groups is 1. The number of nitrogens with one attached hydrogen (secondary N) is 1. The van der Waals surface area contributed by atoms with Crippen molar-refractivity contribution in [2.24, 2.45) is 5.10 Å². The van der Waals surface area contributed by atoms with Crippen molar-refractivity contribution in [3.8, 4) is 23.0 Å². The van der Waals surface area contributed by atoms with Crippen LogP contribution in [0.25, 0.3) is 10.9 Å². The highest BCUT2D eigenvalue weighted by molar-refractivity contribution is 5.88. The lowest BCUT2D eigenvalue weighted by Crippen LogP contribution is -2.21. The molecule has 8 nitrogen and oxygen atoms in total. The average Bonchev–Trinajstić information content (AvgIpc) is 3.52. The second-order valence-corrected chi connectivity index (χ2v) is 10.1. The maximum Gasteiger partial charge on any atom is 0.244 e. The normalized spacial score (nSPS) is 13.5. The Labute approximate surface area is 247 Å². The van der Waals surface area contributed by atoms with Crippen LogP contribution in [0.1, 0.15) is 30.4 Å². The number of hydrogen-bond donors (Lipinski definition) is 1. The smallest absolute Gasteiger partial charge is 0.244 e. The molecule has 0 bridgehead atoms. The fourth-order valence-corrected chi connectivity index (χ4v) is 4.82. The predicted molar refractivity (Wildman–Crippen MR) is 156 cm³/mol. The van der Waals surface area contributed by atoms with Crippen molar-refractivity contribution in [1.82, 2.24) is 15.3 Å². The van der Waals surface area contributed by atoms with Crippen LogP contribution in [0.4, 0.5) is 13.2 Å². The quantitative estimate of drug-likeness (QED) is 0.123. The number of benzene rings is 3. The van der Waals surface area contributed by atoms with Crippen LogP contribution in [0.3, 0.4) is 0 Å². The first kappa shape index (κ1) is 29.8. The van der Waals surface area contributed by atoms with Crippen LogP contribution in [0.15, 0.2) is 65.9 Å². The molecule has 0 unspecified atom stereocenters. The van der Waals surface area contributed by atoms with E-state index in [1.54, 1.807) is 37.6 Å². The Balaban J connectivity index is 1.21. The summed E-state index contributed by atoms with van der Waals surface area (Å²) in [6.07, 6.45) is 5.99. The average molecular weight is 593 g/mol. The zero-order chi connectivity index (χ0) is 30.2. The van der Waals surface area contributed by atoms with Gasteiger partial charge in [-0.15, -0.1) is 0 Å². The maximum atomic E-state index is 15.0. The summed E-state index contributed by atoms with van der Waals surface area (Å²) in [7, 11) is 1.55. The molecule has 0 aliphatic carbocycles. The van der Waals surface area contributed by atoms with E-state index in [0.29, 0.717) is 40.3 Å². The molecule has 0 saturated carbocycles. The van der Waals surface area contributed by atoms with E-state index in [9.17, 15) is 13.6 Å². The van der Waals surface area contributed by atoms with E-state index in [2.05, 4.69) is 20.4 Å². The molecule has 1 N–H and O–H groups in total. The molecule has 1 fully saturated rings. The van der Waals surface area contributed by atoms with Crippen LogP contribution in [-0.2, 0) is 11.2 Å². The molecule has 4 aromatic rings. The second-order valence-electron chi connectivity index (χ2n) is 10.1. The zero-order valence-corrected chi connectivity index (χ0v) is 23.6. The molecule has 43 heavy (non-hydrogen) atoms. The van der Waals surface area contributed by atoms with Crippen LogP contribution in [0.2, 0.25) is 0 Å². The molecule has 0 atom stereocenters. The molecular formula is C32H31F3N4O4. The van der Waals surface area contributed by atoms with E-state index in [-0.39, 0.29) is 17.7 Å². The van der Waals surface area contributed by atoms with Gasteiger partial charge in [0.05, 0.1) is 31.9 Å². The van der Waals surface area contributed by atoms with Gasteiger partial charge in [0.15, 0.2) is 34.7 Å². The minimum atomic E-state index is -1.02. The maximum absolute atomic E-state index is 15.0. The van der Waals surface area contributed by atoms with Gasteiger partial charge in [-0.2, -0.15) is 5.10 Å². The predicted octanol–water partition coefficient (Wildman–Crippen LogP) is 6.01. The minimum Gasteiger partial charge on any atom is -0.493 e. The molecule has 0 radical (unpaired) electrons. The van der Waals surface area contributed by atoms with Crippen molar-refractivity contribution >= 4 is 23.0 Å². The fourth-order valence-electron chi connectivity index (χ4n) is 4.82. The first-order valence-electron chi connectivity index (χ1n) is 13.9. The molecule has 1 aromatic heterocycles. The summed E-state index contributed by atoms with van der Waals surface area (Å²) in [5.41, 5.74) is 3.54. The summed E-state index contributed by atoms with van der Waals surface area (Å²) in [5.74, 6) is -1.76. The van der Waals surface area contributed by atoms with Gasteiger partial charge in [0.1, 0.15) is 5.75 Å². The molecule has 224 valence electrons. The van der Waals surface area contributed by atoms with Gasteiger partial charge in [-0.05, 0) is 79.9 Å². The second kappa shape index (κ2) is 14.0. The summed E-state index contributed by atoms with van der Waals surface area (Å²) in [6.45, 7) is 3.83. The molecule has 5 rings (SSSR count). The summed E-state index contributed by atoms with van der Waals surface area (Å²) in [5, 5.41) is 4.35. The van der Waals surface area contributed by atoms with E-state index in [0.717, 1.165) is 38.2 Å². The minimum absolute atomic E-state index is 0.0331. The number of methoxy groups -OCH3 is 1. The fraction of sp³-hybridized carbons (Fsp3) is 0.281. The number of hydrogen-bond acceptors (Lipinski definition) is 7. The van der Waals surface area contributed by atoms with Crippen LogP contribution >= 0.6 is 0 Å². The van der Waals surface area contributed by atoms with Gasteiger partial charge < -0.3 is 19.1 Å². The lowest BCUT2D eigenvalue weighted by Gasteiger charge is -2.16. The van der Waals surface area contributed by atoms with Crippen molar-refractivity contribution < 1.29 is 32.2 Å². The van der Waals surface area contributed by atoms with Crippen molar-refractivity contribution in [1.29, 1.82) is 0 Å². The molecule has 1 aliphatic rings. The number of hydrazone groups is 1. The third kappa shape index (κ3) is 7.81. The van der Waals surface area contributed by atoms with E-state index in [1.165, 1.54) is 37.3 Å². The Kier molecular flexibility index (Phi) is 9.73. The Morgan fingerprint density at radius 2 is 1.79 bits per heavy atom. The van der Waals surface area contributed by atoms with Gasteiger partial charge in [0, 0.05) is 24.2 Å². The van der Waals surface area contributed by atoms with Crippen LogP contribution in [0.5, 0.6) is 23.0 Å².